The van der Waals surface area contributed by atoms with E-state index in [9.17, 15) is 4.39 Å². The van der Waals surface area contributed by atoms with Crippen LogP contribution >= 0.6 is 0 Å². The lowest BCUT2D eigenvalue weighted by atomic mass is 10.00. The Kier molecular flexibility index (Phi) is 4.09. The molecule has 0 amide bonds. The molecule has 0 aliphatic rings. The molecule has 0 bridgehead atoms. The summed E-state index contributed by atoms with van der Waals surface area (Å²) in [5.41, 5.74) is 5.56. The number of hydrogen-bond donors (Lipinski definition) is 1. The molecule has 5 heteroatoms. The van der Waals surface area contributed by atoms with E-state index < -0.39 is 0 Å². The number of aromatic nitrogens is 2. The monoisotopic (exact) mass is 349 g/mol. The topological polar surface area (TPSA) is 45.1 Å². The van der Waals surface area contributed by atoms with Crippen LogP contribution in [-0.4, -0.2) is 29.1 Å². The minimum atomic E-state index is -0.242. The number of H-pyrrole nitrogens is 1. The highest BCUT2D eigenvalue weighted by Crippen LogP contribution is 2.39. The maximum atomic E-state index is 13.9. The van der Waals surface area contributed by atoms with Crippen LogP contribution in [0.1, 0.15) is 11.3 Å². The second-order valence-electron chi connectivity index (χ2n) is 6.73. The Labute approximate surface area is 151 Å². The van der Waals surface area contributed by atoms with Crippen molar-refractivity contribution in [3.8, 4) is 22.5 Å². The van der Waals surface area contributed by atoms with Gasteiger partial charge in [0.25, 0.3) is 0 Å². The molecule has 0 fully saturated rings. The maximum absolute atomic E-state index is 13.9. The van der Waals surface area contributed by atoms with Crippen molar-refractivity contribution in [2.45, 2.75) is 13.5 Å². The summed E-state index contributed by atoms with van der Waals surface area (Å²) in [5.74, 6) is 0.490. The summed E-state index contributed by atoms with van der Waals surface area (Å²) in [6.45, 7) is 2.58. The van der Waals surface area contributed by atoms with Crippen LogP contribution in [0.4, 0.5) is 4.39 Å². The van der Waals surface area contributed by atoms with Gasteiger partial charge >= 0.3 is 0 Å². The molecule has 0 spiro atoms. The van der Waals surface area contributed by atoms with E-state index in [-0.39, 0.29) is 5.82 Å². The molecule has 0 saturated heterocycles. The highest BCUT2D eigenvalue weighted by Gasteiger charge is 2.23. The van der Waals surface area contributed by atoms with Crippen LogP contribution in [0, 0.1) is 12.7 Å². The van der Waals surface area contributed by atoms with Crippen molar-refractivity contribution in [1.82, 2.24) is 15.0 Å². The molecular formula is C21H20FN3O. The first-order chi connectivity index (χ1) is 12.5. The fraction of sp³-hybridized carbons (Fsp3) is 0.190. The number of hydrogen-bond acceptors (Lipinski definition) is 3. The third-order valence-corrected chi connectivity index (χ3v) is 4.50. The molecule has 26 heavy (non-hydrogen) atoms. The summed E-state index contributed by atoms with van der Waals surface area (Å²) >= 11 is 0. The lowest BCUT2D eigenvalue weighted by molar-refractivity contribution is 0.399. The Morgan fingerprint density at radius 3 is 2.62 bits per heavy atom. The zero-order chi connectivity index (χ0) is 18.3. The minimum absolute atomic E-state index is 0.242. The predicted octanol–water partition coefficient (Wildman–Crippen LogP) is 5.00. The molecule has 4 aromatic rings. The van der Waals surface area contributed by atoms with Crippen LogP contribution in [0.3, 0.4) is 0 Å². The smallest absolute Gasteiger partial charge is 0.143 e. The summed E-state index contributed by atoms with van der Waals surface area (Å²) < 4.78 is 19.4. The number of nitrogens with zero attached hydrogens (tertiary/aromatic N) is 2. The van der Waals surface area contributed by atoms with Crippen LogP contribution in [0.25, 0.3) is 33.4 Å². The van der Waals surface area contributed by atoms with Gasteiger partial charge in [0.2, 0.25) is 0 Å². The number of halogens is 1. The third kappa shape index (κ3) is 2.80. The second kappa shape index (κ2) is 6.42. The first-order valence-corrected chi connectivity index (χ1v) is 8.51. The summed E-state index contributed by atoms with van der Waals surface area (Å²) in [4.78, 5) is 5.53. The molecule has 0 aliphatic carbocycles. The highest BCUT2D eigenvalue weighted by atomic mass is 19.1. The summed E-state index contributed by atoms with van der Waals surface area (Å²) in [6, 6.07) is 14.8. The van der Waals surface area contributed by atoms with E-state index in [2.05, 4.69) is 15.0 Å². The van der Waals surface area contributed by atoms with E-state index in [1.165, 1.54) is 6.07 Å². The molecule has 132 valence electrons. The minimum Gasteiger partial charge on any atom is -0.360 e. The molecule has 2 aromatic carbocycles. The average Bonchev–Trinajstić information content (AvgIpc) is 3.16. The van der Waals surface area contributed by atoms with Gasteiger partial charge < -0.3 is 14.4 Å². The van der Waals surface area contributed by atoms with Gasteiger partial charge in [0.15, 0.2) is 0 Å². The number of aryl methyl sites for hydroxylation is 1. The highest BCUT2D eigenvalue weighted by molar-refractivity contribution is 5.94. The first kappa shape index (κ1) is 16.5. The fourth-order valence-corrected chi connectivity index (χ4v) is 3.37. The van der Waals surface area contributed by atoms with Crippen LogP contribution in [-0.2, 0) is 6.54 Å². The van der Waals surface area contributed by atoms with Gasteiger partial charge in [0.05, 0.1) is 11.3 Å². The quantitative estimate of drug-likeness (QED) is 0.564. The molecule has 0 atom stereocenters. The number of rotatable bonds is 4. The number of aromatic amines is 1. The van der Waals surface area contributed by atoms with Gasteiger partial charge in [-0.3, -0.25) is 0 Å². The Balaban J connectivity index is 1.99. The maximum Gasteiger partial charge on any atom is 0.143 e. The normalized spacial score (nSPS) is 11.6. The SMILES string of the molecule is Cc1onc(-c2ccccc2)c1-c1[nH]c2ccc(F)cc2c1CN(C)C. The zero-order valence-electron chi connectivity index (χ0n) is 15.0. The van der Waals surface area contributed by atoms with Crippen molar-refractivity contribution in [3.63, 3.8) is 0 Å². The van der Waals surface area contributed by atoms with Crippen molar-refractivity contribution in [2.75, 3.05) is 14.1 Å². The average molecular weight is 349 g/mol. The molecule has 4 rings (SSSR count). The van der Waals surface area contributed by atoms with Crippen molar-refractivity contribution < 1.29 is 8.91 Å². The largest absolute Gasteiger partial charge is 0.360 e. The van der Waals surface area contributed by atoms with Crippen molar-refractivity contribution in [3.05, 3.63) is 65.7 Å². The van der Waals surface area contributed by atoms with E-state index in [1.807, 2.05) is 51.4 Å². The van der Waals surface area contributed by atoms with Crippen LogP contribution in [0.15, 0.2) is 53.1 Å². The Morgan fingerprint density at radius 2 is 1.88 bits per heavy atom. The van der Waals surface area contributed by atoms with Gasteiger partial charge in [0, 0.05) is 23.0 Å². The van der Waals surface area contributed by atoms with Crippen molar-refractivity contribution in [1.29, 1.82) is 0 Å². The number of fused-ring (bicyclic) bond motifs is 1. The molecule has 2 heterocycles. The lowest BCUT2D eigenvalue weighted by Crippen LogP contribution is -2.11. The zero-order valence-corrected chi connectivity index (χ0v) is 15.0. The van der Waals surface area contributed by atoms with E-state index in [0.29, 0.717) is 6.54 Å². The van der Waals surface area contributed by atoms with Gasteiger partial charge in [-0.15, -0.1) is 0 Å². The van der Waals surface area contributed by atoms with E-state index in [0.717, 1.165) is 44.7 Å². The molecule has 1 N–H and O–H groups in total. The molecular weight excluding hydrogens is 329 g/mol. The van der Waals surface area contributed by atoms with Gasteiger partial charge in [-0.05, 0) is 44.8 Å². The molecule has 0 saturated carbocycles. The Morgan fingerprint density at radius 1 is 1.12 bits per heavy atom. The van der Waals surface area contributed by atoms with Gasteiger partial charge in [-0.2, -0.15) is 0 Å². The number of benzene rings is 2. The standard InChI is InChI=1S/C21H20FN3O/c1-13-19(20(24-26-13)14-7-5-4-6-8-14)21-17(12-25(2)3)16-11-15(22)9-10-18(16)23-21/h4-11,23H,12H2,1-3H3. The lowest BCUT2D eigenvalue weighted by Gasteiger charge is -2.11. The van der Waals surface area contributed by atoms with Gasteiger partial charge in [0.1, 0.15) is 17.3 Å². The van der Waals surface area contributed by atoms with Crippen molar-refractivity contribution >= 4 is 10.9 Å². The predicted molar refractivity (Wildman–Crippen MR) is 101 cm³/mol. The Bertz CT molecular complexity index is 1060. The summed E-state index contributed by atoms with van der Waals surface area (Å²) in [5, 5.41) is 5.17. The summed E-state index contributed by atoms with van der Waals surface area (Å²) in [7, 11) is 4.00. The van der Waals surface area contributed by atoms with E-state index >= 15 is 0 Å². The van der Waals surface area contributed by atoms with Crippen molar-refractivity contribution in [2.24, 2.45) is 0 Å². The molecule has 2 aromatic heterocycles. The van der Waals surface area contributed by atoms with Gasteiger partial charge in [-0.1, -0.05) is 35.5 Å². The molecule has 0 aliphatic heterocycles. The van der Waals surface area contributed by atoms with E-state index in [4.69, 9.17) is 4.52 Å². The number of nitrogens with one attached hydrogen (secondary N) is 1. The Hall–Kier alpha value is -2.92. The van der Waals surface area contributed by atoms with Gasteiger partial charge in [-0.25, -0.2) is 4.39 Å². The summed E-state index contributed by atoms with van der Waals surface area (Å²) in [6.07, 6.45) is 0. The van der Waals surface area contributed by atoms with Crippen LogP contribution in [0.2, 0.25) is 0 Å². The molecule has 4 nitrogen and oxygen atoms in total. The molecule has 0 unspecified atom stereocenters. The van der Waals surface area contributed by atoms with E-state index in [1.54, 1.807) is 12.1 Å². The molecule has 0 radical (unpaired) electrons. The van der Waals surface area contributed by atoms with Crippen LogP contribution < -0.4 is 0 Å². The third-order valence-electron chi connectivity index (χ3n) is 4.50. The van der Waals surface area contributed by atoms with Crippen LogP contribution in [0.5, 0.6) is 0 Å². The fourth-order valence-electron chi connectivity index (χ4n) is 3.37. The first-order valence-electron chi connectivity index (χ1n) is 8.51. The second-order valence-corrected chi connectivity index (χ2v) is 6.73.